The van der Waals surface area contributed by atoms with Crippen molar-refractivity contribution in [2.45, 2.75) is 38.5 Å². The van der Waals surface area contributed by atoms with Crippen LogP contribution in [0.25, 0.3) is 0 Å². The number of hydrogen-bond acceptors (Lipinski definition) is 2. The summed E-state index contributed by atoms with van der Waals surface area (Å²) in [5, 5.41) is 18.1. The minimum absolute atomic E-state index is 0.797. The van der Waals surface area contributed by atoms with E-state index in [2.05, 4.69) is 12.1 Å². The summed E-state index contributed by atoms with van der Waals surface area (Å²) in [6, 6.07) is 20.2. The predicted molar refractivity (Wildman–Crippen MR) is 88.2 cm³/mol. The van der Waals surface area contributed by atoms with Crippen LogP contribution >= 0.6 is 0 Å². The third kappa shape index (κ3) is 4.47. The monoisotopic (exact) mass is 288 g/mol. The van der Waals surface area contributed by atoms with Gasteiger partial charge in [0.15, 0.2) is 0 Å². The maximum absolute atomic E-state index is 9.06. The van der Waals surface area contributed by atoms with Gasteiger partial charge in [-0.3, -0.25) is 0 Å². The Balaban J connectivity index is 1.70. The molecule has 2 rings (SSSR count). The lowest BCUT2D eigenvalue weighted by molar-refractivity contribution is 0.640. The summed E-state index contributed by atoms with van der Waals surface area (Å²) in [5.41, 5.74) is 3.90. The lowest BCUT2D eigenvalue weighted by Gasteiger charge is -2.05. The molecule has 0 aliphatic heterocycles. The van der Waals surface area contributed by atoms with Gasteiger partial charge in [0.05, 0.1) is 23.3 Å². The van der Waals surface area contributed by atoms with E-state index < -0.39 is 0 Å². The fraction of sp³-hybridized carbons (Fsp3) is 0.300. The number of rotatable bonds is 7. The average molecular weight is 288 g/mol. The second kappa shape index (κ2) is 8.65. The van der Waals surface area contributed by atoms with E-state index in [1.165, 1.54) is 0 Å². The summed E-state index contributed by atoms with van der Waals surface area (Å²) >= 11 is 0. The minimum Gasteiger partial charge on any atom is -0.192 e. The molecule has 0 aliphatic rings. The van der Waals surface area contributed by atoms with Crippen LogP contribution < -0.4 is 0 Å². The van der Waals surface area contributed by atoms with E-state index in [0.717, 1.165) is 60.8 Å². The first-order valence-electron chi connectivity index (χ1n) is 7.81. The van der Waals surface area contributed by atoms with Gasteiger partial charge in [0.1, 0.15) is 0 Å². The second-order valence-corrected chi connectivity index (χ2v) is 5.45. The Morgan fingerprint density at radius 3 is 1.41 bits per heavy atom. The first-order chi connectivity index (χ1) is 10.8. The van der Waals surface area contributed by atoms with Crippen LogP contribution in [-0.4, -0.2) is 0 Å². The predicted octanol–water partition coefficient (Wildman–Crippen LogP) is 4.78. The Morgan fingerprint density at radius 2 is 1.00 bits per heavy atom. The van der Waals surface area contributed by atoms with Gasteiger partial charge in [-0.25, -0.2) is 0 Å². The standard InChI is InChI=1S/C20H20N2/c21-15-19-13-7-5-11-17(19)9-3-1-2-4-10-18-12-6-8-14-20(18)16-22/h5-8,11-14H,1-4,9-10H2. The molecule has 0 fully saturated rings. The zero-order valence-electron chi connectivity index (χ0n) is 12.8. The van der Waals surface area contributed by atoms with E-state index in [1.807, 2.05) is 48.5 Å². The number of nitrogens with zero attached hydrogens (tertiary/aromatic N) is 2. The van der Waals surface area contributed by atoms with Crippen LogP contribution in [0.3, 0.4) is 0 Å². The highest BCUT2D eigenvalue weighted by molar-refractivity contribution is 5.38. The molecule has 0 N–H and O–H groups in total. The quantitative estimate of drug-likeness (QED) is 0.689. The molecule has 0 bridgehead atoms. The molecule has 0 spiro atoms. The SMILES string of the molecule is N#Cc1ccccc1CCCCCCc1ccccc1C#N. The van der Waals surface area contributed by atoms with Crippen LogP contribution in [0.15, 0.2) is 48.5 Å². The zero-order valence-corrected chi connectivity index (χ0v) is 12.8. The van der Waals surface area contributed by atoms with Gasteiger partial charge in [-0.15, -0.1) is 0 Å². The third-order valence-electron chi connectivity index (χ3n) is 3.92. The van der Waals surface area contributed by atoms with E-state index in [-0.39, 0.29) is 0 Å². The van der Waals surface area contributed by atoms with Crippen LogP contribution in [0.1, 0.15) is 47.9 Å². The first kappa shape index (κ1) is 15.8. The molecule has 0 aromatic heterocycles. The lowest BCUT2D eigenvalue weighted by atomic mass is 9.99. The Bertz CT molecular complexity index is 628. The second-order valence-electron chi connectivity index (χ2n) is 5.45. The molecule has 2 nitrogen and oxygen atoms in total. The summed E-state index contributed by atoms with van der Waals surface area (Å²) in [7, 11) is 0. The van der Waals surface area contributed by atoms with Gasteiger partial charge in [-0.1, -0.05) is 49.2 Å². The molecular weight excluding hydrogens is 268 g/mol. The highest BCUT2D eigenvalue weighted by Crippen LogP contribution is 2.15. The summed E-state index contributed by atoms with van der Waals surface area (Å²) in [6.45, 7) is 0. The zero-order chi connectivity index (χ0) is 15.6. The van der Waals surface area contributed by atoms with Gasteiger partial charge in [-0.05, 0) is 48.9 Å². The van der Waals surface area contributed by atoms with E-state index in [1.54, 1.807) is 0 Å². The third-order valence-corrected chi connectivity index (χ3v) is 3.92. The normalized spacial score (nSPS) is 9.91. The first-order valence-corrected chi connectivity index (χ1v) is 7.81. The number of hydrogen-bond donors (Lipinski definition) is 0. The van der Waals surface area contributed by atoms with Crippen LogP contribution in [0.5, 0.6) is 0 Å². The van der Waals surface area contributed by atoms with Crippen molar-refractivity contribution in [1.82, 2.24) is 0 Å². The van der Waals surface area contributed by atoms with Gasteiger partial charge >= 0.3 is 0 Å². The Morgan fingerprint density at radius 1 is 0.591 bits per heavy atom. The topological polar surface area (TPSA) is 47.6 Å². The van der Waals surface area contributed by atoms with Crippen molar-refractivity contribution < 1.29 is 0 Å². The van der Waals surface area contributed by atoms with Gasteiger partial charge in [0, 0.05) is 0 Å². The van der Waals surface area contributed by atoms with Gasteiger partial charge in [0.25, 0.3) is 0 Å². The molecule has 0 saturated heterocycles. The van der Waals surface area contributed by atoms with Crippen LogP contribution in [0, 0.1) is 22.7 Å². The smallest absolute Gasteiger partial charge is 0.0994 e. The van der Waals surface area contributed by atoms with Gasteiger partial charge < -0.3 is 0 Å². The van der Waals surface area contributed by atoms with Gasteiger partial charge in [0.2, 0.25) is 0 Å². The highest BCUT2D eigenvalue weighted by Gasteiger charge is 2.02. The molecule has 2 aromatic rings. The molecule has 22 heavy (non-hydrogen) atoms. The Kier molecular flexibility index (Phi) is 6.21. The molecule has 0 atom stereocenters. The summed E-state index contributed by atoms with van der Waals surface area (Å²) in [4.78, 5) is 0. The number of nitriles is 2. The Labute approximate surface area is 132 Å². The van der Waals surface area contributed by atoms with Crippen molar-refractivity contribution in [3.8, 4) is 12.1 Å². The van der Waals surface area contributed by atoms with Crippen LogP contribution in [-0.2, 0) is 12.8 Å². The molecule has 2 aromatic carbocycles. The van der Waals surface area contributed by atoms with Crippen molar-refractivity contribution in [1.29, 1.82) is 10.5 Å². The molecule has 0 unspecified atom stereocenters. The van der Waals surface area contributed by atoms with Crippen molar-refractivity contribution in [3.63, 3.8) is 0 Å². The molecule has 0 amide bonds. The average Bonchev–Trinajstić information content (AvgIpc) is 2.58. The summed E-state index contributed by atoms with van der Waals surface area (Å²) in [5.74, 6) is 0. The van der Waals surface area contributed by atoms with Crippen LogP contribution in [0.2, 0.25) is 0 Å². The maximum atomic E-state index is 9.06. The number of benzene rings is 2. The lowest BCUT2D eigenvalue weighted by Crippen LogP contribution is -1.92. The fourth-order valence-electron chi connectivity index (χ4n) is 2.68. The molecular formula is C20H20N2. The molecule has 0 radical (unpaired) electrons. The van der Waals surface area contributed by atoms with Crippen LogP contribution in [0.4, 0.5) is 0 Å². The van der Waals surface area contributed by atoms with Crippen molar-refractivity contribution in [3.05, 3.63) is 70.8 Å². The van der Waals surface area contributed by atoms with E-state index >= 15 is 0 Å². The highest BCUT2D eigenvalue weighted by atomic mass is 14.2. The minimum atomic E-state index is 0.797. The van der Waals surface area contributed by atoms with Crippen molar-refractivity contribution in [2.75, 3.05) is 0 Å². The molecule has 2 heteroatoms. The molecule has 0 aliphatic carbocycles. The summed E-state index contributed by atoms with van der Waals surface area (Å²) in [6.07, 6.45) is 6.48. The number of unbranched alkanes of at least 4 members (excludes halogenated alkanes) is 3. The van der Waals surface area contributed by atoms with Gasteiger partial charge in [-0.2, -0.15) is 10.5 Å². The largest absolute Gasteiger partial charge is 0.192 e. The number of aryl methyl sites for hydroxylation is 2. The Hall–Kier alpha value is -2.58. The van der Waals surface area contributed by atoms with E-state index in [9.17, 15) is 0 Å². The molecule has 0 heterocycles. The van der Waals surface area contributed by atoms with E-state index in [0.29, 0.717) is 0 Å². The summed E-state index contributed by atoms with van der Waals surface area (Å²) < 4.78 is 0. The fourth-order valence-corrected chi connectivity index (χ4v) is 2.68. The molecule has 110 valence electrons. The van der Waals surface area contributed by atoms with Crippen molar-refractivity contribution in [2.24, 2.45) is 0 Å². The maximum Gasteiger partial charge on any atom is 0.0994 e. The van der Waals surface area contributed by atoms with E-state index in [4.69, 9.17) is 10.5 Å². The van der Waals surface area contributed by atoms with Crippen molar-refractivity contribution >= 4 is 0 Å². The molecule has 0 saturated carbocycles.